The van der Waals surface area contributed by atoms with Crippen LogP contribution in [0.2, 0.25) is 0 Å². The SMILES string of the molecule is NC1CC[C@H]2CN(C3CCCC3)C[C@@H]12. The van der Waals surface area contributed by atoms with E-state index in [1.807, 2.05) is 0 Å². The second-order valence-electron chi connectivity index (χ2n) is 5.56. The molecule has 0 aromatic heterocycles. The number of likely N-dealkylation sites (tertiary alicyclic amines) is 1. The van der Waals surface area contributed by atoms with Crippen LogP contribution in [-0.2, 0) is 0 Å². The van der Waals surface area contributed by atoms with Gasteiger partial charge in [-0.1, -0.05) is 12.8 Å². The number of hydrogen-bond donors (Lipinski definition) is 1. The first-order chi connectivity index (χ1) is 6.84. The Hall–Kier alpha value is -0.0800. The molecule has 2 N–H and O–H groups in total. The summed E-state index contributed by atoms with van der Waals surface area (Å²) in [6.07, 6.45) is 8.51. The van der Waals surface area contributed by atoms with Gasteiger partial charge in [0.05, 0.1) is 0 Å². The molecule has 0 bridgehead atoms. The van der Waals surface area contributed by atoms with E-state index in [-0.39, 0.29) is 0 Å². The molecule has 2 heteroatoms. The molecule has 0 spiro atoms. The molecular formula is C12H22N2. The molecule has 0 amide bonds. The molecule has 1 saturated heterocycles. The van der Waals surface area contributed by atoms with Crippen LogP contribution in [0.4, 0.5) is 0 Å². The van der Waals surface area contributed by atoms with Gasteiger partial charge in [0, 0.05) is 25.2 Å². The molecule has 3 fully saturated rings. The van der Waals surface area contributed by atoms with Crippen molar-refractivity contribution in [1.29, 1.82) is 0 Å². The lowest BCUT2D eigenvalue weighted by Crippen LogP contribution is -2.34. The van der Waals surface area contributed by atoms with Crippen molar-refractivity contribution < 1.29 is 0 Å². The fourth-order valence-electron chi connectivity index (χ4n) is 3.91. The van der Waals surface area contributed by atoms with Gasteiger partial charge in [0.15, 0.2) is 0 Å². The standard InChI is InChI=1S/C12H22N2/c13-12-6-5-9-7-14(8-11(9)12)10-3-1-2-4-10/h9-12H,1-8,13H2/t9-,11+,12?/m0/s1. The molecule has 3 rings (SSSR count). The van der Waals surface area contributed by atoms with Gasteiger partial charge in [-0.25, -0.2) is 0 Å². The third kappa shape index (κ3) is 1.40. The number of rotatable bonds is 1. The first-order valence-corrected chi connectivity index (χ1v) is 6.34. The zero-order valence-corrected chi connectivity index (χ0v) is 8.99. The summed E-state index contributed by atoms with van der Waals surface area (Å²) in [4.78, 5) is 2.75. The van der Waals surface area contributed by atoms with Gasteiger partial charge in [-0.05, 0) is 37.5 Å². The molecule has 2 aliphatic carbocycles. The lowest BCUT2D eigenvalue weighted by molar-refractivity contribution is 0.225. The molecule has 0 radical (unpaired) electrons. The van der Waals surface area contributed by atoms with Crippen LogP contribution in [-0.4, -0.2) is 30.1 Å². The number of hydrogen-bond acceptors (Lipinski definition) is 2. The van der Waals surface area contributed by atoms with Crippen molar-refractivity contribution in [3.63, 3.8) is 0 Å². The summed E-state index contributed by atoms with van der Waals surface area (Å²) in [7, 11) is 0. The zero-order valence-electron chi connectivity index (χ0n) is 8.99. The Morgan fingerprint density at radius 2 is 1.71 bits per heavy atom. The van der Waals surface area contributed by atoms with E-state index in [1.165, 1.54) is 51.6 Å². The summed E-state index contributed by atoms with van der Waals surface area (Å²) in [5, 5.41) is 0. The van der Waals surface area contributed by atoms with Gasteiger partial charge in [-0.2, -0.15) is 0 Å². The average Bonchev–Trinajstić information content (AvgIpc) is 2.83. The second-order valence-corrected chi connectivity index (χ2v) is 5.56. The van der Waals surface area contributed by atoms with Crippen LogP contribution in [0.5, 0.6) is 0 Å². The molecule has 1 heterocycles. The Labute approximate surface area is 86.8 Å². The average molecular weight is 194 g/mol. The molecule has 1 unspecified atom stereocenters. The molecule has 1 aliphatic heterocycles. The Morgan fingerprint density at radius 1 is 0.929 bits per heavy atom. The van der Waals surface area contributed by atoms with Gasteiger partial charge >= 0.3 is 0 Å². The summed E-state index contributed by atoms with van der Waals surface area (Å²) in [6.45, 7) is 2.68. The molecule has 3 aliphatic rings. The zero-order chi connectivity index (χ0) is 9.54. The molecule has 2 nitrogen and oxygen atoms in total. The van der Waals surface area contributed by atoms with Gasteiger partial charge in [-0.3, -0.25) is 4.90 Å². The predicted octanol–water partition coefficient (Wildman–Crippen LogP) is 1.60. The minimum atomic E-state index is 0.520. The van der Waals surface area contributed by atoms with E-state index < -0.39 is 0 Å². The van der Waals surface area contributed by atoms with E-state index >= 15 is 0 Å². The first-order valence-electron chi connectivity index (χ1n) is 6.34. The maximum atomic E-state index is 6.15. The Kier molecular flexibility index (Phi) is 2.29. The van der Waals surface area contributed by atoms with Crippen molar-refractivity contribution in [2.75, 3.05) is 13.1 Å². The quantitative estimate of drug-likeness (QED) is 0.687. The monoisotopic (exact) mass is 194 g/mol. The number of fused-ring (bicyclic) bond motifs is 1. The van der Waals surface area contributed by atoms with Crippen LogP contribution in [0.25, 0.3) is 0 Å². The van der Waals surface area contributed by atoms with Gasteiger partial charge in [-0.15, -0.1) is 0 Å². The molecule has 80 valence electrons. The highest BCUT2D eigenvalue weighted by Crippen LogP contribution is 2.39. The summed E-state index contributed by atoms with van der Waals surface area (Å²) in [6, 6.07) is 1.44. The van der Waals surface area contributed by atoms with Gasteiger partial charge in [0.2, 0.25) is 0 Å². The van der Waals surface area contributed by atoms with Crippen molar-refractivity contribution >= 4 is 0 Å². The lowest BCUT2D eigenvalue weighted by atomic mass is 9.98. The van der Waals surface area contributed by atoms with E-state index in [0.29, 0.717) is 6.04 Å². The Balaban J connectivity index is 1.64. The molecular weight excluding hydrogens is 172 g/mol. The van der Waals surface area contributed by atoms with Crippen molar-refractivity contribution in [3.8, 4) is 0 Å². The largest absolute Gasteiger partial charge is 0.327 e. The third-order valence-corrected chi connectivity index (χ3v) is 4.78. The van der Waals surface area contributed by atoms with Crippen molar-refractivity contribution in [1.82, 2.24) is 4.90 Å². The fraction of sp³-hybridized carbons (Fsp3) is 1.00. The highest BCUT2D eigenvalue weighted by atomic mass is 15.2. The summed E-state index contributed by atoms with van der Waals surface area (Å²) in [5.74, 6) is 1.79. The highest BCUT2D eigenvalue weighted by Gasteiger charge is 2.42. The molecule has 2 saturated carbocycles. The maximum Gasteiger partial charge on any atom is 0.00955 e. The predicted molar refractivity (Wildman–Crippen MR) is 58.0 cm³/mol. The molecule has 14 heavy (non-hydrogen) atoms. The topological polar surface area (TPSA) is 29.3 Å². The van der Waals surface area contributed by atoms with Crippen LogP contribution in [0, 0.1) is 11.8 Å². The molecule has 0 aromatic rings. The number of nitrogens with zero attached hydrogens (tertiary/aromatic N) is 1. The smallest absolute Gasteiger partial charge is 0.00955 e. The van der Waals surface area contributed by atoms with E-state index in [1.54, 1.807) is 0 Å². The second kappa shape index (κ2) is 3.49. The highest BCUT2D eigenvalue weighted by molar-refractivity contribution is 4.97. The van der Waals surface area contributed by atoms with Crippen molar-refractivity contribution in [2.45, 2.75) is 50.6 Å². The lowest BCUT2D eigenvalue weighted by Gasteiger charge is -2.24. The van der Waals surface area contributed by atoms with E-state index in [4.69, 9.17) is 5.73 Å². The van der Waals surface area contributed by atoms with E-state index in [2.05, 4.69) is 4.90 Å². The first kappa shape index (κ1) is 9.17. The van der Waals surface area contributed by atoms with E-state index in [0.717, 1.165) is 17.9 Å². The van der Waals surface area contributed by atoms with Crippen LogP contribution < -0.4 is 5.73 Å². The third-order valence-electron chi connectivity index (χ3n) is 4.78. The van der Waals surface area contributed by atoms with Gasteiger partial charge in [0.25, 0.3) is 0 Å². The normalized spacial score (nSPS) is 44.8. The molecule has 3 atom stereocenters. The Bertz CT molecular complexity index is 210. The maximum absolute atomic E-state index is 6.15. The van der Waals surface area contributed by atoms with Crippen LogP contribution >= 0.6 is 0 Å². The van der Waals surface area contributed by atoms with Crippen LogP contribution in [0.3, 0.4) is 0 Å². The van der Waals surface area contributed by atoms with Crippen LogP contribution in [0.1, 0.15) is 38.5 Å². The van der Waals surface area contributed by atoms with Gasteiger partial charge < -0.3 is 5.73 Å². The van der Waals surface area contributed by atoms with E-state index in [9.17, 15) is 0 Å². The van der Waals surface area contributed by atoms with Crippen LogP contribution in [0.15, 0.2) is 0 Å². The molecule has 0 aromatic carbocycles. The summed E-state index contributed by atoms with van der Waals surface area (Å²) >= 11 is 0. The fourth-order valence-corrected chi connectivity index (χ4v) is 3.91. The Morgan fingerprint density at radius 3 is 2.43 bits per heavy atom. The minimum absolute atomic E-state index is 0.520. The van der Waals surface area contributed by atoms with Crippen molar-refractivity contribution in [3.05, 3.63) is 0 Å². The minimum Gasteiger partial charge on any atom is -0.327 e. The summed E-state index contributed by atoms with van der Waals surface area (Å²) < 4.78 is 0. The van der Waals surface area contributed by atoms with Gasteiger partial charge in [0.1, 0.15) is 0 Å². The summed E-state index contributed by atoms with van der Waals surface area (Å²) in [5.41, 5.74) is 6.15. The van der Waals surface area contributed by atoms with Crippen molar-refractivity contribution in [2.24, 2.45) is 17.6 Å². The number of nitrogens with two attached hydrogens (primary N) is 1.